The number of rotatable bonds is 3. The van der Waals surface area contributed by atoms with Crippen LogP contribution in [0, 0.1) is 0 Å². The van der Waals surface area contributed by atoms with Crippen molar-refractivity contribution in [2.45, 2.75) is 5.41 Å². The van der Waals surface area contributed by atoms with Crippen LogP contribution in [-0.2, 0) is 10.2 Å². The predicted octanol–water partition coefficient (Wildman–Crippen LogP) is 6.50. The van der Waals surface area contributed by atoms with Gasteiger partial charge in [0, 0.05) is 16.8 Å². The van der Waals surface area contributed by atoms with Crippen LogP contribution < -0.4 is 5.32 Å². The van der Waals surface area contributed by atoms with Crippen molar-refractivity contribution in [3.05, 3.63) is 132 Å². The Balaban J connectivity index is 1.75. The average Bonchev–Trinajstić information content (AvgIpc) is 3.18. The molecule has 0 fully saturated rings. The number of benzene rings is 5. The van der Waals surface area contributed by atoms with Gasteiger partial charge in [0.15, 0.2) is 0 Å². The lowest BCUT2D eigenvalue weighted by atomic mass is 9.68. The van der Waals surface area contributed by atoms with Gasteiger partial charge in [-0.25, -0.2) is 0 Å². The zero-order chi connectivity index (χ0) is 22.4. The fourth-order valence-electron chi connectivity index (χ4n) is 5.13. The first-order chi connectivity index (χ1) is 16.2. The number of phenols is 1. The number of fused-ring (bicyclic) bond motifs is 3. The van der Waals surface area contributed by atoms with E-state index in [0.717, 1.165) is 38.7 Å². The summed E-state index contributed by atoms with van der Waals surface area (Å²) in [5.74, 6) is -0.0740. The van der Waals surface area contributed by atoms with Crippen molar-refractivity contribution in [1.29, 1.82) is 0 Å². The van der Waals surface area contributed by atoms with E-state index in [4.69, 9.17) is 0 Å². The zero-order valence-electron chi connectivity index (χ0n) is 17.8. The molecule has 1 aliphatic heterocycles. The van der Waals surface area contributed by atoms with Crippen LogP contribution in [0.1, 0.15) is 16.7 Å². The quantitative estimate of drug-likeness (QED) is 0.345. The van der Waals surface area contributed by atoms with Crippen LogP contribution in [0.4, 0.5) is 5.69 Å². The second kappa shape index (κ2) is 7.35. The van der Waals surface area contributed by atoms with Gasteiger partial charge in [-0.1, -0.05) is 97.1 Å². The van der Waals surface area contributed by atoms with Crippen LogP contribution in [-0.4, -0.2) is 11.0 Å². The molecule has 33 heavy (non-hydrogen) atoms. The monoisotopic (exact) mass is 427 g/mol. The third-order valence-corrected chi connectivity index (χ3v) is 6.61. The van der Waals surface area contributed by atoms with Crippen LogP contribution in [0.5, 0.6) is 5.75 Å². The van der Waals surface area contributed by atoms with Crippen molar-refractivity contribution >= 4 is 22.4 Å². The molecule has 0 bridgehead atoms. The van der Waals surface area contributed by atoms with Gasteiger partial charge in [-0.2, -0.15) is 0 Å². The lowest BCUT2D eigenvalue weighted by molar-refractivity contribution is -0.118. The minimum absolute atomic E-state index is 0.0921. The molecule has 1 heterocycles. The molecule has 1 atom stereocenters. The molecule has 0 aromatic heterocycles. The fourth-order valence-corrected chi connectivity index (χ4v) is 5.13. The predicted molar refractivity (Wildman–Crippen MR) is 132 cm³/mol. The first-order valence-corrected chi connectivity index (χ1v) is 11.0. The molecular weight excluding hydrogens is 406 g/mol. The van der Waals surface area contributed by atoms with E-state index < -0.39 is 5.41 Å². The second-order valence-corrected chi connectivity index (χ2v) is 8.38. The fraction of sp³-hybridized carbons (Fsp3) is 0.0333. The highest BCUT2D eigenvalue weighted by atomic mass is 16.3. The number of hydrogen-bond acceptors (Lipinski definition) is 2. The maximum atomic E-state index is 14.0. The number of aromatic hydroxyl groups is 1. The van der Waals surface area contributed by atoms with Gasteiger partial charge in [0.05, 0.1) is 0 Å². The highest BCUT2D eigenvalue weighted by Crippen LogP contribution is 2.53. The number of anilines is 1. The normalized spacial score (nSPS) is 17.0. The molecule has 0 radical (unpaired) electrons. The molecule has 3 heteroatoms. The number of carbonyl (C=O) groups is 1. The molecule has 3 nitrogen and oxygen atoms in total. The SMILES string of the molecule is O=C1Nc2ccc3ccccc3c2[C@@]1(c1ccccc1)c1cc(-c2ccccc2)ccc1O. The van der Waals surface area contributed by atoms with Crippen molar-refractivity contribution in [3.8, 4) is 16.9 Å². The van der Waals surface area contributed by atoms with Crippen LogP contribution in [0.2, 0.25) is 0 Å². The number of phenolic OH excluding ortho intramolecular Hbond substituents is 1. The summed E-state index contributed by atoms with van der Waals surface area (Å²) >= 11 is 0. The van der Waals surface area contributed by atoms with Gasteiger partial charge >= 0.3 is 0 Å². The standard InChI is InChI=1S/C30H21NO2/c32-27-18-16-22(20-9-3-1-4-10-20)19-25(27)30(23-12-5-2-6-13-23)28-24-14-8-7-11-21(24)15-17-26(28)31-29(30)33/h1-19,32H,(H,31,33)/t30-/m1/s1. The summed E-state index contributed by atoms with van der Waals surface area (Å²) in [5, 5.41) is 16.4. The summed E-state index contributed by atoms with van der Waals surface area (Å²) in [6.45, 7) is 0. The first kappa shape index (κ1) is 19.3. The highest BCUT2D eigenvalue weighted by molar-refractivity contribution is 6.16. The number of nitrogens with one attached hydrogen (secondary N) is 1. The Morgan fingerprint density at radius 2 is 1.36 bits per heavy atom. The molecule has 0 unspecified atom stereocenters. The van der Waals surface area contributed by atoms with Crippen LogP contribution in [0.15, 0.2) is 115 Å². The Morgan fingerprint density at radius 3 is 2.15 bits per heavy atom. The molecule has 0 spiro atoms. The smallest absolute Gasteiger partial charge is 0.244 e. The first-order valence-electron chi connectivity index (χ1n) is 11.0. The van der Waals surface area contributed by atoms with Gasteiger partial charge in [-0.15, -0.1) is 0 Å². The van der Waals surface area contributed by atoms with E-state index in [0.29, 0.717) is 5.56 Å². The van der Waals surface area contributed by atoms with Gasteiger partial charge in [-0.3, -0.25) is 4.79 Å². The van der Waals surface area contributed by atoms with Crippen LogP contribution in [0.3, 0.4) is 0 Å². The number of amides is 1. The van der Waals surface area contributed by atoms with Crippen molar-refractivity contribution in [2.24, 2.45) is 0 Å². The number of carbonyl (C=O) groups excluding carboxylic acids is 1. The molecule has 0 aliphatic carbocycles. The second-order valence-electron chi connectivity index (χ2n) is 8.38. The van der Waals surface area contributed by atoms with E-state index in [-0.39, 0.29) is 11.7 Å². The van der Waals surface area contributed by atoms with Crippen LogP contribution in [0.25, 0.3) is 21.9 Å². The molecule has 5 aromatic carbocycles. The van der Waals surface area contributed by atoms with Gasteiger partial charge < -0.3 is 10.4 Å². The molecule has 0 saturated heterocycles. The zero-order valence-corrected chi connectivity index (χ0v) is 17.8. The average molecular weight is 428 g/mol. The Morgan fingerprint density at radius 1 is 0.667 bits per heavy atom. The van der Waals surface area contributed by atoms with E-state index in [1.165, 1.54) is 0 Å². The van der Waals surface area contributed by atoms with Gasteiger partial charge in [0.25, 0.3) is 0 Å². The number of hydrogen-bond donors (Lipinski definition) is 2. The molecule has 158 valence electrons. The summed E-state index contributed by atoms with van der Waals surface area (Å²) in [6.07, 6.45) is 0. The summed E-state index contributed by atoms with van der Waals surface area (Å²) in [5.41, 5.74) is 3.82. The lowest BCUT2D eigenvalue weighted by Crippen LogP contribution is -2.37. The van der Waals surface area contributed by atoms with Crippen molar-refractivity contribution in [2.75, 3.05) is 5.32 Å². The molecule has 0 saturated carbocycles. The largest absolute Gasteiger partial charge is 0.508 e. The van der Waals surface area contributed by atoms with Crippen molar-refractivity contribution in [3.63, 3.8) is 0 Å². The van der Waals surface area contributed by atoms with Crippen LogP contribution >= 0.6 is 0 Å². The van der Waals surface area contributed by atoms with E-state index >= 15 is 0 Å². The maximum absolute atomic E-state index is 14.0. The third kappa shape index (κ3) is 2.79. The Labute approximate surface area is 192 Å². The Kier molecular flexibility index (Phi) is 4.30. The topological polar surface area (TPSA) is 49.3 Å². The minimum atomic E-state index is -1.19. The van der Waals surface area contributed by atoms with Crippen molar-refractivity contribution < 1.29 is 9.90 Å². The highest BCUT2D eigenvalue weighted by Gasteiger charge is 2.52. The van der Waals surface area contributed by atoms with E-state index in [9.17, 15) is 9.90 Å². The van der Waals surface area contributed by atoms with Gasteiger partial charge in [-0.05, 0) is 45.7 Å². The molecule has 2 N–H and O–H groups in total. The molecule has 1 aliphatic rings. The molecule has 6 rings (SSSR count). The molecule has 1 amide bonds. The van der Waals surface area contributed by atoms with Gasteiger partial charge in [0.1, 0.15) is 11.2 Å². The summed E-state index contributed by atoms with van der Waals surface area (Å²) in [6, 6.07) is 37.3. The van der Waals surface area contributed by atoms with E-state index in [1.807, 2.05) is 103 Å². The summed E-state index contributed by atoms with van der Waals surface area (Å²) in [7, 11) is 0. The lowest BCUT2D eigenvalue weighted by Gasteiger charge is -2.31. The molecule has 5 aromatic rings. The van der Waals surface area contributed by atoms with Crippen molar-refractivity contribution in [1.82, 2.24) is 0 Å². The summed E-state index contributed by atoms with van der Waals surface area (Å²) in [4.78, 5) is 14.0. The van der Waals surface area contributed by atoms with E-state index in [2.05, 4.69) is 11.4 Å². The Hall–Kier alpha value is -4.37. The molecular formula is C30H21NO2. The van der Waals surface area contributed by atoms with E-state index in [1.54, 1.807) is 6.07 Å². The summed E-state index contributed by atoms with van der Waals surface area (Å²) < 4.78 is 0. The minimum Gasteiger partial charge on any atom is -0.508 e. The van der Waals surface area contributed by atoms with Gasteiger partial charge in [0.2, 0.25) is 5.91 Å². The third-order valence-electron chi connectivity index (χ3n) is 6.61. The maximum Gasteiger partial charge on any atom is 0.244 e. The Bertz CT molecular complexity index is 1510.